The van der Waals surface area contributed by atoms with E-state index < -0.39 is 0 Å². The number of likely N-dealkylation sites (tertiary alicyclic amines) is 1. The van der Waals surface area contributed by atoms with Gasteiger partial charge in [-0.3, -0.25) is 9.78 Å². The van der Waals surface area contributed by atoms with Gasteiger partial charge in [-0.05, 0) is 38.1 Å². The smallest absolute Gasteiger partial charge is 0.253 e. The molecule has 132 valence electrons. The molecule has 6 heteroatoms. The minimum absolute atomic E-state index is 0.0539. The molecule has 25 heavy (non-hydrogen) atoms. The van der Waals surface area contributed by atoms with Crippen molar-refractivity contribution in [2.24, 2.45) is 0 Å². The third-order valence-corrected chi connectivity index (χ3v) is 6.29. The summed E-state index contributed by atoms with van der Waals surface area (Å²) in [5.41, 5.74) is 3.12. The molecule has 4 rings (SSSR count). The van der Waals surface area contributed by atoms with Gasteiger partial charge in [0.05, 0.1) is 5.56 Å². The number of aromatic nitrogens is 2. The molecule has 0 saturated carbocycles. The van der Waals surface area contributed by atoms with Crippen LogP contribution in [-0.4, -0.2) is 46.5 Å². The van der Waals surface area contributed by atoms with Crippen LogP contribution in [0.3, 0.4) is 0 Å². The van der Waals surface area contributed by atoms with Gasteiger partial charge in [0.2, 0.25) is 0 Å². The van der Waals surface area contributed by atoms with Crippen LogP contribution in [0.4, 0.5) is 0 Å². The van der Waals surface area contributed by atoms with Crippen molar-refractivity contribution in [3.05, 3.63) is 53.6 Å². The number of thioether (sulfide) groups is 1. The Kier molecular flexibility index (Phi) is 5.08. The van der Waals surface area contributed by atoms with Gasteiger partial charge in [0, 0.05) is 48.7 Å². The van der Waals surface area contributed by atoms with Gasteiger partial charge in [0.25, 0.3) is 5.91 Å². The van der Waals surface area contributed by atoms with Gasteiger partial charge in [-0.15, -0.1) is 11.8 Å². The SMILES string of the molecule is O=C(NCCN1CCCCC1)c1ccn2c1CSC2c1cccnc1. The normalized spacial score (nSPS) is 20.4. The van der Waals surface area contributed by atoms with Crippen LogP contribution in [0.25, 0.3) is 0 Å². The number of hydrogen-bond acceptors (Lipinski definition) is 4. The highest BCUT2D eigenvalue weighted by Crippen LogP contribution is 2.41. The largest absolute Gasteiger partial charge is 0.351 e. The van der Waals surface area contributed by atoms with E-state index in [1.54, 1.807) is 6.20 Å². The molecule has 0 bridgehead atoms. The summed E-state index contributed by atoms with van der Waals surface area (Å²) in [7, 11) is 0. The topological polar surface area (TPSA) is 50.2 Å². The van der Waals surface area contributed by atoms with E-state index in [9.17, 15) is 4.79 Å². The second kappa shape index (κ2) is 7.62. The van der Waals surface area contributed by atoms with Gasteiger partial charge in [-0.25, -0.2) is 0 Å². The van der Waals surface area contributed by atoms with Gasteiger partial charge in [0.15, 0.2) is 0 Å². The highest BCUT2D eigenvalue weighted by Gasteiger charge is 2.28. The van der Waals surface area contributed by atoms with Crippen LogP contribution in [0, 0.1) is 0 Å². The lowest BCUT2D eigenvalue weighted by atomic mass is 10.1. The van der Waals surface area contributed by atoms with Crippen molar-refractivity contribution in [3.63, 3.8) is 0 Å². The zero-order valence-electron chi connectivity index (χ0n) is 14.4. The molecule has 1 saturated heterocycles. The summed E-state index contributed by atoms with van der Waals surface area (Å²) in [5, 5.41) is 3.32. The average Bonchev–Trinajstić information content (AvgIpc) is 3.25. The fourth-order valence-corrected chi connectivity index (χ4v) is 4.99. The van der Waals surface area contributed by atoms with Crippen LogP contribution < -0.4 is 5.32 Å². The Labute approximate surface area is 152 Å². The van der Waals surface area contributed by atoms with Gasteiger partial charge in [-0.1, -0.05) is 12.5 Å². The minimum Gasteiger partial charge on any atom is -0.351 e. The first-order valence-electron chi connectivity index (χ1n) is 9.05. The molecule has 2 aromatic rings. The molecule has 0 aromatic carbocycles. The van der Waals surface area contributed by atoms with Crippen LogP contribution in [-0.2, 0) is 5.75 Å². The van der Waals surface area contributed by atoms with E-state index in [4.69, 9.17) is 0 Å². The number of carbonyl (C=O) groups is 1. The zero-order chi connectivity index (χ0) is 17.1. The number of fused-ring (bicyclic) bond motifs is 1. The summed E-state index contributed by atoms with van der Waals surface area (Å²) in [5.74, 6) is 0.916. The fraction of sp³-hybridized carbons (Fsp3) is 0.474. The van der Waals surface area contributed by atoms with Crippen LogP contribution in [0.2, 0.25) is 0 Å². The van der Waals surface area contributed by atoms with Gasteiger partial charge in [-0.2, -0.15) is 0 Å². The maximum Gasteiger partial charge on any atom is 0.253 e. The van der Waals surface area contributed by atoms with Crippen molar-refractivity contribution in [1.82, 2.24) is 19.8 Å². The Morgan fingerprint density at radius 1 is 1.28 bits per heavy atom. The van der Waals surface area contributed by atoms with Crippen molar-refractivity contribution in [3.8, 4) is 0 Å². The van der Waals surface area contributed by atoms with Crippen molar-refractivity contribution in [2.45, 2.75) is 30.4 Å². The number of nitrogens with zero attached hydrogens (tertiary/aromatic N) is 3. The maximum atomic E-state index is 12.6. The summed E-state index contributed by atoms with van der Waals surface area (Å²) >= 11 is 1.84. The Bertz CT molecular complexity index is 724. The van der Waals surface area contributed by atoms with Crippen molar-refractivity contribution < 1.29 is 4.79 Å². The molecule has 1 unspecified atom stereocenters. The van der Waals surface area contributed by atoms with E-state index in [1.165, 1.54) is 37.9 Å². The molecule has 1 fully saturated rings. The van der Waals surface area contributed by atoms with Gasteiger partial charge >= 0.3 is 0 Å². The molecule has 5 nitrogen and oxygen atoms in total. The summed E-state index contributed by atoms with van der Waals surface area (Å²) in [6, 6.07) is 6.01. The second-order valence-electron chi connectivity index (χ2n) is 6.69. The summed E-state index contributed by atoms with van der Waals surface area (Å²) in [6.07, 6.45) is 9.65. The number of rotatable bonds is 5. The minimum atomic E-state index is 0.0539. The number of pyridine rings is 1. The fourth-order valence-electron chi connectivity index (χ4n) is 3.68. The summed E-state index contributed by atoms with van der Waals surface area (Å²) in [4.78, 5) is 19.3. The standard InChI is InChI=1S/C19H24N4OS/c24-18(21-8-12-22-9-2-1-3-10-22)16-6-11-23-17(16)14-25-19(23)15-5-4-7-20-13-15/h4-7,11,13,19H,1-3,8-10,12,14H2,(H,21,24). The highest BCUT2D eigenvalue weighted by atomic mass is 32.2. The molecule has 2 aliphatic rings. The second-order valence-corrected chi connectivity index (χ2v) is 7.76. The maximum absolute atomic E-state index is 12.6. The zero-order valence-corrected chi connectivity index (χ0v) is 15.2. The highest BCUT2D eigenvalue weighted by molar-refractivity contribution is 7.99. The lowest BCUT2D eigenvalue weighted by Gasteiger charge is -2.26. The average molecular weight is 356 g/mol. The third kappa shape index (κ3) is 3.60. The van der Waals surface area contributed by atoms with Crippen molar-refractivity contribution in [1.29, 1.82) is 0 Å². The molecule has 0 spiro atoms. The molecule has 0 aliphatic carbocycles. The first-order chi connectivity index (χ1) is 12.3. The molecule has 2 aromatic heterocycles. The molecule has 1 atom stereocenters. The first kappa shape index (κ1) is 16.7. The van der Waals surface area contributed by atoms with Crippen LogP contribution in [0.15, 0.2) is 36.8 Å². The number of amides is 1. The first-order valence-corrected chi connectivity index (χ1v) is 10.1. The van der Waals surface area contributed by atoms with Gasteiger partial charge in [0.1, 0.15) is 5.37 Å². The van der Waals surface area contributed by atoms with E-state index in [1.807, 2.05) is 36.3 Å². The van der Waals surface area contributed by atoms with E-state index >= 15 is 0 Å². The number of carbonyl (C=O) groups excluding carboxylic acids is 1. The lowest BCUT2D eigenvalue weighted by molar-refractivity contribution is 0.0946. The number of hydrogen-bond donors (Lipinski definition) is 1. The van der Waals surface area contributed by atoms with Crippen molar-refractivity contribution in [2.75, 3.05) is 26.2 Å². The Balaban J connectivity index is 1.38. The molecule has 4 heterocycles. The summed E-state index contributed by atoms with van der Waals surface area (Å²) < 4.78 is 2.21. The molecule has 2 aliphatic heterocycles. The molecule has 1 amide bonds. The molecule has 1 N–H and O–H groups in total. The number of nitrogens with one attached hydrogen (secondary N) is 1. The Morgan fingerprint density at radius 3 is 2.96 bits per heavy atom. The van der Waals surface area contributed by atoms with E-state index in [0.717, 1.165) is 30.1 Å². The van der Waals surface area contributed by atoms with E-state index in [-0.39, 0.29) is 11.3 Å². The van der Waals surface area contributed by atoms with E-state index in [2.05, 4.69) is 25.8 Å². The predicted molar refractivity (Wildman–Crippen MR) is 101 cm³/mol. The van der Waals surface area contributed by atoms with Gasteiger partial charge < -0.3 is 14.8 Å². The Hall–Kier alpha value is -1.79. The number of piperidine rings is 1. The Morgan fingerprint density at radius 2 is 2.16 bits per heavy atom. The van der Waals surface area contributed by atoms with Crippen LogP contribution in [0.5, 0.6) is 0 Å². The predicted octanol–water partition coefficient (Wildman–Crippen LogP) is 2.89. The molecular weight excluding hydrogens is 332 g/mol. The van der Waals surface area contributed by atoms with Crippen LogP contribution in [0.1, 0.15) is 46.3 Å². The lowest BCUT2D eigenvalue weighted by Crippen LogP contribution is -2.37. The summed E-state index contributed by atoms with van der Waals surface area (Å²) in [6.45, 7) is 4.01. The third-order valence-electron chi connectivity index (χ3n) is 5.03. The van der Waals surface area contributed by atoms with E-state index in [0.29, 0.717) is 0 Å². The van der Waals surface area contributed by atoms with Crippen molar-refractivity contribution >= 4 is 17.7 Å². The monoisotopic (exact) mass is 356 g/mol. The van der Waals surface area contributed by atoms with Crippen LogP contribution >= 0.6 is 11.8 Å². The molecular formula is C19H24N4OS. The quantitative estimate of drug-likeness (QED) is 0.895. The molecule has 0 radical (unpaired) electrons.